The Morgan fingerprint density at radius 3 is 2.76 bits per heavy atom. The molecule has 10 heteroatoms. The first-order chi connectivity index (χ1) is 14.0. The van der Waals surface area contributed by atoms with Crippen molar-refractivity contribution in [2.24, 2.45) is 0 Å². The maximum Gasteiger partial charge on any atom is 0.273 e. The average Bonchev–Trinajstić information content (AvgIpc) is 3.36. The Kier molecular flexibility index (Phi) is 5.09. The average molecular weight is 409 g/mol. The van der Waals surface area contributed by atoms with Crippen LogP contribution < -0.4 is 5.32 Å². The monoisotopic (exact) mass is 409 g/mol. The van der Waals surface area contributed by atoms with Crippen LogP contribution in [0.15, 0.2) is 42.6 Å². The molecule has 0 fully saturated rings. The van der Waals surface area contributed by atoms with Crippen molar-refractivity contribution in [2.75, 3.05) is 0 Å². The highest BCUT2D eigenvalue weighted by molar-refractivity contribution is 7.14. The number of pyridine rings is 1. The molecule has 0 aliphatic heterocycles. The van der Waals surface area contributed by atoms with E-state index in [0.717, 1.165) is 17.1 Å². The third kappa shape index (κ3) is 4.02. The fourth-order valence-electron chi connectivity index (χ4n) is 2.72. The maximum atomic E-state index is 13.9. The number of benzene rings is 1. The summed E-state index contributed by atoms with van der Waals surface area (Å²) in [4.78, 5) is 16.8. The van der Waals surface area contributed by atoms with Gasteiger partial charge >= 0.3 is 0 Å². The normalized spacial score (nSPS) is 10.9. The minimum Gasteiger partial charge on any atom is -0.344 e. The molecule has 0 spiro atoms. The number of hydrogen-bond donors (Lipinski definition) is 1. The molecule has 0 radical (unpaired) electrons. The number of nitrogens with zero attached hydrogens (tertiary/aromatic N) is 6. The van der Waals surface area contributed by atoms with E-state index in [9.17, 15) is 9.18 Å². The minimum atomic E-state index is -0.392. The Bertz CT molecular complexity index is 1190. The van der Waals surface area contributed by atoms with E-state index in [-0.39, 0.29) is 18.1 Å². The van der Waals surface area contributed by atoms with Gasteiger partial charge in [-0.15, -0.1) is 15.3 Å². The van der Waals surface area contributed by atoms with Crippen molar-refractivity contribution in [3.8, 4) is 16.3 Å². The Morgan fingerprint density at radius 2 is 1.97 bits per heavy atom. The van der Waals surface area contributed by atoms with E-state index in [1.807, 2.05) is 26.0 Å². The molecule has 0 atom stereocenters. The second-order valence-corrected chi connectivity index (χ2v) is 7.33. The number of halogens is 1. The minimum absolute atomic E-state index is 0.156. The van der Waals surface area contributed by atoms with Crippen LogP contribution in [0.3, 0.4) is 0 Å². The van der Waals surface area contributed by atoms with Crippen LogP contribution in [0.4, 0.5) is 4.39 Å². The summed E-state index contributed by atoms with van der Waals surface area (Å²) < 4.78 is 15.4. The van der Waals surface area contributed by atoms with Gasteiger partial charge in [0.25, 0.3) is 5.91 Å². The third-order valence-corrected chi connectivity index (χ3v) is 5.10. The van der Waals surface area contributed by atoms with Gasteiger partial charge in [-0.2, -0.15) is 0 Å². The quantitative estimate of drug-likeness (QED) is 0.544. The number of hydrogen-bond acceptors (Lipinski definition) is 7. The molecule has 0 aliphatic rings. The van der Waals surface area contributed by atoms with Gasteiger partial charge in [0.15, 0.2) is 10.7 Å². The first-order valence-corrected chi connectivity index (χ1v) is 9.55. The van der Waals surface area contributed by atoms with Gasteiger partial charge in [0, 0.05) is 11.3 Å². The van der Waals surface area contributed by atoms with Crippen molar-refractivity contribution < 1.29 is 9.18 Å². The molecule has 146 valence electrons. The van der Waals surface area contributed by atoms with Crippen LogP contribution in [-0.2, 0) is 6.54 Å². The highest BCUT2D eigenvalue weighted by atomic mass is 32.1. The van der Waals surface area contributed by atoms with E-state index in [0.29, 0.717) is 15.6 Å². The topological polar surface area (TPSA) is 98.5 Å². The number of aromatic nitrogens is 6. The molecule has 1 N–H and O–H groups in total. The largest absolute Gasteiger partial charge is 0.344 e. The van der Waals surface area contributed by atoms with Gasteiger partial charge in [-0.3, -0.25) is 9.78 Å². The molecule has 1 amide bonds. The molecule has 3 aromatic heterocycles. The van der Waals surface area contributed by atoms with Crippen molar-refractivity contribution in [1.82, 2.24) is 35.5 Å². The molecule has 0 saturated carbocycles. The number of carbonyl (C=O) groups excluding carboxylic acids is 1. The zero-order valence-corrected chi connectivity index (χ0v) is 16.4. The van der Waals surface area contributed by atoms with Gasteiger partial charge in [0.1, 0.15) is 10.8 Å². The van der Waals surface area contributed by atoms with Gasteiger partial charge in [-0.1, -0.05) is 28.7 Å². The first kappa shape index (κ1) is 18.8. The second kappa shape index (κ2) is 7.84. The lowest BCUT2D eigenvalue weighted by Crippen LogP contribution is -2.23. The SMILES string of the molecule is Cc1ccc(-n2cc(C(=O)NCc3nnc(-c4ccccc4F)s3)nn2)c(C)n1. The highest BCUT2D eigenvalue weighted by Gasteiger charge is 2.15. The molecule has 0 aliphatic carbocycles. The van der Waals surface area contributed by atoms with E-state index in [4.69, 9.17) is 0 Å². The molecule has 4 rings (SSSR count). The van der Waals surface area contributed by atoms with Crippen LogP contribution in [0.2, 0.25) is 0 Å². The van der Waals surface area contributed by atoms with E-state index in [1.54, 1.807) is 24.4 Å². The van der Waals surface area contributed by atoms with Crippen LogP contribution >= 0.6 is 11.3 Å². The predicted octanol–water partition coefficient (Wildman–Crippen LogP) is 2.87. The Labute approximate surface area is 169 Å². The fourth-order valence-corrected chi connectivity index (χ4v) is 3.53. The number of aryl methyl sites for hydroxylation is 2. The summed E-state index contributed by atoms with van der Waals surface area (Å²) in [5, 5.41) is 19.7. The third-order valence-electron chi connectivity index (χ3n) is 4.14. The van der Waals surface area contributed by atoms with Crippen molar-refractivity contribution in [3.05, 3.63) is 70.5 Å². The van der Waals surface area contributed by atoms with E-state index >= 15 is 0 Å². The van der Waals surface area contributed by atoms with Crippen molar-refractivity contribution in [3.63, 3.8) is 0 Å². The summed E-state index contributed by atoms with van der Waals surface area (Å²) in [6, 6.07) is 10.1. The number of rotatable bonds is 5. The van der Waals surface area contributed by atoms with Crippen LogP contribution in [0.25, 0.3) is 16.3 Å². The predicted molar refractivity (Wildman–Crippen MR) is 105 cm³/mol. The van der Waals surface area contributed by atoms with E-state index < -0.39 is 5.91 Å². The summed E-state index contributed by atoms with van der Waals surface area (Å²) >= 11 is 1.22. The van der Waals surface area contributed by atoms with Gasteiger partial charge in [-0.25, -0.2) is 9.07 Å². The molecule has 0 unspecified atom stereocenters. The summed E-state index contributed by atoms with van der Waals surface area (Å²) in [5.41, 5.74) is 2.99. The Balaban J connectivity index is 1.43. The van der Waals surface area contributed by atoms with E-state index in [1.165, 1.54) is 22.1 Å². The van der Waals surface area contributed by atoms with Crippen molar-refractivity contribution >= 4 is 17.2 Å². The molecular weight excluding hydrogens is 393 g/mol. The number of nitrogens with one attached hydrogen (secondary N) is 1. The Morgan fingerprint density at radius 1 is 1.14 bits per heavy atom. The second-order valence-electron chi connectivity index (χ2n) is 6.27. The molecular formula is C19H16FN7OS. The summed E-state index contributed by atoms with van der Waals surface area (Å²) in [6.07, 6.45) is 1.54. The van der Waals surface area contributed by atoms with Gasteiger partial charge < -0.3 is 5.32 Å². The summed E-state index contributed by atoms with van der Waals surface area (Å²) in [5.74, 6) is -0.756. The van der Waals surface area contributed by atoms with Gasteiger partial charge in [0.05, 0.1) is 24.1 Å². The molecule has 0 saturated heterocycles. The maximum absolute atomic E-state index is 13.9. The van der Waals surface area contributed by atoms with Crippen LogP contribution in [0.5, 0.6) is 0 Å². The first-order valence-electron chi connectivity index (χ1n) is 8.74. The zero-order valence-electron chi connectivity index (χ0n) is 15.6. The molecule has 0 bridgehead atoms. The zero-order chi connectivity index (χ0) is 20.4. The van der Waals surface area contributed by atoms with Crippen LogP contribution in [0, 0.1) is 19.7 Å². The lowest BCUT2D eigenvalue weighted by Gasteiger charge is -2.04. The van der Waals surface area contributed by atoms with Crippen LogP contribution in [-0.4, -0.2) is 36.1 Å². The molecule has 29 heavy (non-hydrogen) atoms. The smallest absolute Gasteiger partial charge is 0.273 e. The lowest BCUT2D eigenvalue weighted by molar-refractivity contribution is 0.0945. The molecule has 3 heterocycles. The van der Waals surface area contributed by atoms with Gasteiger partial charge in [-0.05, 0) is 38.1 Å². The molecule has 8 nitrogen and oxygen atoms in total. The summed E-state index contributed by atoms with van der Waals surface area (Å²) in [7, 11) is 0. The Hall–Kier alpha value is -3.53. The van der Waals surface area contributed by atoms with Crippen molar-refractivity contribution in [2.45, 2.75) is 20.4 Å². The summed E-state index contributed by atoms with van der Waals surface area (Å²) in [6.45, 7) is 3.93. The standard InChI is InChI=1S/C19H16FN7OS/c1-11-7-8-16(12(2)22-11)27-10-15(23-26-27)18(28)21-9-17-24-25-19(29-17)13-5-3-4-6-14(13)20/h3-8,10H,9H2,1-2H3,(H,21,28). The number of carbonyl (C=O) groups is 1. The molecule has 4 aromatic rings. The highest BCUT2D eigenvalue weighted by Crippen LogP contribution is 2.25. The fraction of sp³-hybridized carbons (Fsp3) is 0.158. The molecule has 1 aromatic carbocycles. The number of amides is 1. The van der Waals surface area contributed by atoms with Crippen LogP contribution in [0.1, 0.15) is 26.9 Å². The van der Waals surface area contributed by atoms with Crippen molar-refractivity contribution in [1.29, 1.82) is 0 Å². The van der Waals surface area contributed by atoms with Gasteiger partial charge in [0.2, 0.25) is 0 Å². The lowest BCUT2D eigenvalue weighted by atomic mass is 10.2. The van der Waals surface area contributed by atoms with E-state index in [2.05, 4.69) is 30.8 Å².